The molecule has 2 aromatic carbocycles. The zero-order valence-electron chi connectivity index (χ0n) is 18.5. The molecule has 3 aromatic rings. The third-order valence-electron chi connectivity index (χ3n) is 5.81. The Morgan fingerprint density at radius 2 is 1.91 bits per heavy atom. The van der Waals surface area contributed by atoms with Crippen LogP contribution in [-0.2, 0) is 21.4 Å². The van der Waals surface area contributed by atoms with E-state index in [2.05, 4.69) is 0 Å². The smallest absolute Gasteiger partial charge is 0.243 e. The van der Waals surface area contributed by atoms with Gasteiger partial charge < -0.3 is 18.8 Å². The number of hydrogen-bond acceptors (Lipinski definition) is 5. The van der Waals surface area contributed by atoms with E-state index in [-0.39, 0.29) is 23.5 Å². The van der Waals surface area contributed by atoms with E-state index in [4.69, 9.17) is 9.47 Å². The van der Waals surface area contributed by atoms with Crippen LogP contribution in [0.15, 0.2) is 53.6 Å². The Kier molecular flexibility index (Phi) is 6.26. The number of fused-ring (bicyclic) bond motifs is 1. The SMILES string of the molecule is COc1cccc2c1c(C1CCN(S(=O)(=O)c3ccc(OC(C)C)cc3)C1)cn2CC=O. The van der Waals surface area contributed by atoms with Crippen molar-refractivity contribution in [2.75, 3.05) is 20.2 Å². The van der Waals surface area contributed by atoms with Gasteiger partial charge in [-0.1, -0.05) is 6.07 Å². The van der Waals surface area contributed by atoms with Crippen molar-refractivity contribution in [3.8, 4) is 11.5 Å². The molecule has 8 heteroatoms. The second-order valence-corrected chi connectivity index (χ2v) is 10.2. The molecule has 1 fully saturated rings. The maximum absolute atomic E-state index is 13.2. The lowest BCUT2D eigenvalue weighted by atomic mass is 9.97. The second kappa shape index (κ2) is 8.96. The van der Waals surface area contributed by atoms with Crippen molar-refractivity contribution < 1.29 is 22.7 Å². The first kappa shape index (κ1) is 22.4. The van der Waals surface area contributed by atoms with Crippen LogP contribution in [0.25, 0.3) is 10.9 Å². The molecule has 0 radical (unpaired) electrons. The van der Waals surface area contributed by atoms with Gasteiger partial charge in [-0.3, -0.25) is 0 Å². The third kappa shape index (κ3) is 4.12. The standard InChI is InChI=1S/C24H28N2O5S/c1-17(2)31-19-7-9-20(10-8-19)32(28,29)26-12-11-18(15-26)21-16-25(13-14-27)22-5-4-6-23(30-3)24(21)22/h4-10,14,16-18H,11-13,15H2,1-3H3. The zero-order valence-corrected chi connectivity index (χ0v) is 19.3. The Labute approximate surface area is 188 Å². The van der Waals surface area contributed by atoms with E-state index in [1.165, 1.54) is 4.31 Å². The van der Waals surface area contributed by atoms with Crippen LogP contribution in [0.4, 0.5) is 0 Å². The van der Waals surface area contributed by atoms with Crippen molar-refractivity contribution in [3.63, 3.8) is 0 Å². The second-order valence-electron chi connectivity index (χ2n) is 8.24. The van der Waals surface area contributed by atoms with Crippen molar-refractivity contribution in [2.45, 2.75) is 43.7 Å². The molecule has 0 bridgehead atoms. The Morgan fingerprint density at radius 1 is 1.16 bits per heavy atom. The molecule has 1 saturated heterocycles. The van der Waals surface area contributed by atoms with E-state index in [9.17, 15) is 13.2 Å². The van der Waals surface area contributed by atoms with Crippen LogP contribution in [0.2, 0.25) is 0 Å². The summed E-state index contributed by atoms with van der Waals surface area (Å²) in [6.45, 7) is 4.91. The summed E-state index contributed by atoms with van der Waals surface area (Å²) in [5.74, 6) is 1.39. The normalized spacial score (nSPS) is 17.2. The van der Waals surface area contributed by atoms with Crippen LogP contribution in [0.5, 0.6) is 11.5 Å². The molecule has 2 heterocycles. The third-order valence-corrected chi connectivity index (χ3v) is 7.69. The first-order valence-corrected chi connectivity index (χ1v) is 12.2. The molecule has 0 saturated carbocycles. The van der Waals surface area contributed by atoms with Gasteiger partial charge in [0.25, 0.3) is 0 Å². The fraction of sp³-hybridized carbons (Fsp3) is 0.375. The van der Waals surface area contributed by atoms with Crippen LogP contribution in [0.3, 0.4) is 0 Å². The van der Waals surface area contributed by atoms with E-state index in [1.54, 1.807) is 31.4 Å². The molecular formula is C24H28N2O5S. The molecule has 0 amide bonds. The number of benzene rings is 2. The first-order chi connectivity index (χ1) is 15.3. The highest BCUT2D eigenvalue weighted by atomic mass is 32.2. The van der Waals surface area contributed by atoms with Crippen LogP contribution < -0.4 is 9.47 Å². The molecule has 0 aliphatic carbocycles. The molecule has 4 rings (SSSR count). The molecule has 7 nitrogen and oxygen atoms in total. The van der Waals surface area contributed by atoms with Crippen molar-refractivity contribution in [2.24, 2.45) is 0 Å². The molecule has 1 unspecified atom stereocenters. The van der Waals surface area contributed by atoms with Gasteiger partial charge in [-0.05, 0) is 62.2 Å². The number of methoxy groups -OCH3 is 1. The lowest BCUT2D eigenvalue weighted by Crippen LogP contribution is -2.28. The Morgan fingerprint density at radius 3 is 2.56 bits per heavy atom. The summed E-state index contributed by atoms with van der Waals surface area (Å²) in [5, 5.41) is 0.941. The van der Waals surface area contributed by atoms with Crippen LogP contribution in [-0.4, -0.2) is 49.9 Å². The van der Waals surface area contributed by atoms with E-state index < -0.39 is 10.0 Å². The summed E-state index contributed by atoms with van der Waals surface area (Å²) >= 11 is 0. The molecule has 1 aliphatic rings. The highest BCUT2D eigenvalue weighted by Crippen LogP contribution is 2.39. The lowest BCUT2D eigenvalue weighted by molar-refractivity contribution is -0.108. The number of aromatic nitrogens is 1. The Bertz CT molecular complexity index is 1220. The number of sulfonamides is 1. The molecule has 1 aromatic heterocycles. The maximum atomic E-state index is 13.2. The van der Waals surface area contributed by atoms with Crippen LogP contribution >= 0.6 is 0 Å². The quantitative estimate of drug-likeness (QED) is 0.482. The summed E-state index contributed by atoms with van der Waals surface area (Å²) in [6.07, 6.45) is 3.54. The van der Waals surface area contributed by atoms with Crippen molar-refractivity contribution in [1.29, 1.82) is 0 Å². The summed E-state index contributed by atoms with van der Waals surface area (Å²) in [6, 6.07) is 12.3. The van der Waals surface area contributed by atoms with Gasteiger partial charge in [0.1, 0.15) is 17.8 Å². The topological polar surface area (TPSA) is 77.8 Å². The van der Waals surface area contributed by atoms with Gasteiger partial charge in [0, 0.05) is 30.6 Å². The van der Waals surface area contributed by atoms with Gasteiger partial charge in [-0.25, -0.2) is 8.42 Å². The minimum absolute atomic E-state index is 0.0139. The number of carbonyl (C=O) groups excluding carboxylic acids is 1. The van der Waals surface area contributed by atoms with Crippen molar-refractivity contribution >= 4 is 27.2 Å². The minimum Gasteiger partial charge on any atom is -0.496 e. The lowest BCUT2D eigenvalue weighted by Gasteiger charge is -2.17. The number of hydrogen-bond donors (Lipinski definition) is 0. The van der Waals surface area contributed by atoms with Gasteiger partial charge in [-0.15, -0.1) is 0 Å². The number of nitrogens with zero attached hydrogens (tertiary/aromatic N) is 2. The molecule has 1 atom stereocenters. The molecule has 0 spiro atoms. The monoisotopic (exact) mass is 456 g/mol. The van der Waals surface area contributed by atoms with E-state index in [1.807, 2.05) is 42.8 Å². The van der Waals surface area contributed by atoms with E-state index in [0.717, 1.165) is 28.5 Å². The van der Waals surface area contributed by atoms with E-state index in [0.29, 0.717) is 25.3 Å². The van der Waals surface area contributed by atoms with Crippen molar-refractivity contribution in [3.05, 3.63) is 54.2 Å². The Hall–Kier alpha value is -2.84. The van der Waals surface area contributed by atoms with Gasteiger partial charge in [0.2, 0.25) is 10.0 Å². The highest BCUT2D eigenvalue weighted by Gasteiger charge is 2.35. The molecule has 1 aliphatic heterocycles. The number of rotatable bonds is 8. The molecular weight excluding hydrogens is 428 g/mol. The van der Waals surface area contributed by atoms with Gasteiger partial charge in [0.05, 0.1) is 30.2 Å². The van der Waals surface area contributed by atoms with Crippen molar-refractivity contribution in [1.82, 2.24) is 8.87 Å². The number of ether oxygens (including phenoxy) is 2. The Balaban J connectivity index is 1.62. The van der Waals surface area contributed by atoms with Gasteiger partial charge in [0.15, 0.2) is 0 Å². The van der Waals surface area contributed by atoms with Gasteiger partial charge >= 0.3 is 0 Å². The average Bonchev–Trinajstić information content (AvgIpc) is 3.40. The predicted octanol–water partition coefficient (Wildman–Crippen LogP) is 3.81. The fourth-order valence-electron chi connectivity index (χ4n) is 4.37. The van der Waals surface area contributed by atoms with Gasteiger partial charge in [-0.2, -0.15) is 4.31 Å². The number of aldehydes is 1. The molecule has 170 valence electrons. The first-order valence-electron chi connectivity index (χ1n) is 10.7. The summed E-state index contributed by atoms with van der Waals surface area (Å²) in [7, 11) is -1.99. The molecule has 0 N–H and O–H groups in total. The molecule has 32 heavy (non-hydrogen) atoms. The summed E-state index contributed by atoms with van der Waals surface area (Å²) in [5.41, 5.74) is 1.92. The predicted molar refractivity (Wildman–Crippen MR) is 123 cm³/mol. The fourth-order valence-corrected chi connectivity index (χ4v) is 5.87. The largest absolute Gasteiger partial charge is 0.496 e. The number of carbonyl (C=O) groups is 1. The zero-order chi connectivity index (χ0) is 22.9. The average molecular weight is 457 g/mol. The summed E-state index contributed by atoms with van der Waals surface area (Å²) in [4.78, 5) is 11.4. The highest BCUT2D eigenvalue weighted by molar-refractivity contribution is 7.89. The van der Waals surface area contributed by atoms with Crippen LogP contribution in [0, 0.1) is 0 Å². The maximum Gasteiger partial charge on any atom is 0.243 e. The summed E-state index contributed by atoms with van der Waals surface area (Å²) < 4.78 is 41.1. The van der Waals surface area contributed by atoms with E-state index >= 15 is 0 Å². The van der Waals surface area contributed by atoms with Crippen LogP contribution in [0.1, 0.15) is 31.7 Å². The minimum atomic E-state index is -3.61.